The van der Waals surface area contributed by atoms with E-state index in [1.807, 2.05) is 6.07 Å². The molecular formula is C15H9ClN2O4. The summed E-state index contributed by atoms with van der Waals surface area (Å²) in [6.07, 6.45) is 0. The molecule has 0 saturated carbocycles. The first kappa shape index (κ1) is 15.5. The summed E-state index contributed by atoms with van der Waals surface area (Å²) < 4.78 is 5.09. The van der Waals surface area contributed by atoms with E-state index < -0.39 is 10.9 Å². The highest BCUT2D eigenvalue weighted by atomic mass is 35.5. The minimum Gasteiger partial charge on any atom is -0.457 e. The van der Waals surface area contributed by atoms with Gasteiger partial charge in [0.1, 0.15) is 6.61 Å². The molecule has 6 nitrogen and oxygen atoms in total. The second-order valence-electron chi connectivity index (χ2n) is 4.31. The van der Waals surface area contributed by atoms with E-state index >= 15 is 0 Å². The van der Waals surface area contributed by atoms with Gasteiger partial charge in [-0.3, -0.25) is 10.1 Å². The maximum Gasteiger partial charge on any atom is 0.339 e. The summed E-state index contributed by atoms with van der Waals surface area (Å²) in [6, 6.07) is 12.1. The van der Waals surface area contributed by atoms with Crippen LogP contribution in [0.25, 0.3) is 0 Å². The summed E-state index contributed by atoms with van der Waals surface area (Å²) in [4.78, 5) is 21.9. The van der Waals surface area contributed by atoms with Crippen molar-refractivity contribution in [1.29, 1.82) is 5.26 Å². The van der Waals surface area contributed by atoms with Gasteiger partial charge in [-0.25, -0.2) is 4.79 Å². The van der Waals surface area contributed by atoms with Crippen LogP contribution in [-0.2, 0) is 11.3 Å². The van der Waals surface area contributed by atoms with E-state index in [0.29, 0.717) is 11.1 Å². The van der Waals surface area contributed by atoms with E-state index in [9.17, 15) is 14.9 Å². The maximum absolute atomic E-state index is 11.9. The van der Waals surface area contributed by atoms with Crippen molar-refractivity contribution in [3.05, 3.63) is 74.3 Å². The van der Waals surface area contributed by atoms with Gasteiger partial charge in [-0.2, -0.15) is 5.26 Å². The Labute approximate surface area is 130 Å². The van der Waals surface area contributed by atoms with Crippen molar-refractivity contribution in [2.45, 2.75) is 6.61 Å². The summed E-state index contributed by atoms with van der Waals surface area (Å²) >= 11 is 5.85. The molecular weight excluding hydrogens is 308 g/mol. The highest BCUT2D eigenvalue weighted by molar-refractivity contribution is 6.33. The van der Waals surface area contributed by atoms with Crippen molar-refractivity contribution in [2.24, 2.45) is 0 Å². The van der Waals surface area contributed by atoms with Gasteiger partial charge in [0.25, 0.3) is 5.69 Å². The van der Waals surface area contributed by atoms with Crippen LogP contribution in [0.4, 0.5) is 5.69 Å². The van der Waals surface area contributed by atoms with Gasteiger partial charge in [-0.05, 0) is 23.8 Å². The fourth-order valence-electron chi connectivity index (χ4n) is 1.69. The van der Waals surface area contributed by atoms with Gasteiger partial charge in [0.15, 0.2) is 0 Å². The number of hydrogen-bond acceptors (Lipinski definition) is 5. The third-order valence-corrected chi connectivity index (χ3v) is 3.15. The van der Waals surface area contributed by atoms with E-state index in [-0.39, 0.29) is 22.9 Å². The first-order valence-electron chi connectivity index (χ1n) is 6.11. The third-order valence-electron chi connectivity index (χ3n) is 2.84. The van der Waals surface area contributed by atoms with Gasteiger partial charge in [0.2, 0.25) is 0 Å². The number of hydrogen-bond donors (Lipinski definition) is 0. The van der Waals surface area contributed by atoms with Gasteiger partial charge in [-0.15, -0.1) is 0 Å². The van der Waals surface area contributed by atoms with Gasteiger partial charge in [-0.1, -0.05) is 23.7 Å². The molecule has 0 bridgehead atoms. The van der Waals surface area contributed by atoms with Crippen molar-refractivity contribution in [1.82, 2.24) is 0 Å². The Morgan fingerprint density at radius 2 is 1.95 bits per heavy atom. The highest BCUT2D eigenvalue weighted by Gasteiger charge is 2.16. The lowest BCUT2D eigenvalue weighted by atomic mass is 10.1. The SMILES string of the molecule is N#Cc1ccc(COC(=O)c2ccc([N+](=O)[O-])cc2Cl)cc1. The molecule has 2 aromatic rings. The van der Waals surface area contributed by atoms with Gasteiger partial charge in [0, 0.05) is 12.1 Å². The second kappa shape index (κ2) is 6.70. The number of nitriles is 1. The van der Waals surface area contributed by atoms with E-state index in [1.165, 1.54) is 12.1 Å². The Kier molecular flexibility index (Phi) is 4.71. The maximum atomic E-state index is 11.9. The molecule has 0 N–H and O–H groups in total. The Hall–Kier alpha value is -2.91. The smallest absolute Gasteiger partial charge is 0.339 e. The highest BCUT2D eigenvalue weighted by Crippen LogP contribution is 2.23. The van der Waals surface area contributed by atoms with Crippen LogP contribution in [0.3, 0.4) is 0 Å². The van der Waals surface area contributed by atoms with Crippen LogP contribution in [0, 0.1) is 21.4 Å². The molecule has 0 heterocycles. The minimum atomic E-state index is -0.677. The van der Waals surface area contributed by atoms with Crippen LogP contribution in [-0.4, -0.2) is 10.9 Å². The number of nitro groups is 1. The van der Waals surface area contributed by atoms with Crippen molar-refractivity contribution in [3.8, 4) is 6.07 Å². The number of halogens is 1. The number of carbonyl (C=O) groups is 1. The van der Waals surface area contributed by atoms with Gasteiger partial charge in [0.05, 0.1) is 27.1 Å². The largest absolute Gasteiger partial charge is 0.457 e. The molecule has 7 heteroatoms. The molecule has 0 aliphatic rings. The minimum absolute atomic E-state index is 0.0118. The number of benzene rings is 2. The van der Waals surface area contributed by atoms with Crippen LogP contribution < -0.4 is 0 Å². The van der Waals surface area contributed by atoms with Crippen molar-refractivity contribution >= 4 is 23.3 Å². The van der Waals surface area contributed by atoms with Crippen molar-refractivity contribution in [3.63, 3.8) is 0 Å². The lowest BCUT2D eigenvalue weighted by molar-refractivity contribution is -0.384. The van der Waals surface area contributed by atoms with Crippen LogP contribution in [0.5, 0.6) is 0 Å². The molecule has 0 saturated heterocycles. The monoisotopic (exact) mass is 316 g/mol. The Morgan fingerprint density at radius 1 is 1.27 bits per heavy atom. The summed E-state index contributed by atoms with van der Waals surface area (Å²) in [5.74, 6) is -0.677. The standard InChI is InChI=1S/C15H9ClN2O4/c16-14-7-12(18(20)21)5-6-13(14)15(19)22-9-11-3-1-10(8-17)2-4-11/h1-7H,9H2. The van der Waals surface area contributed by atoms with Crippen LogP contribution >= 0.6 is 11.6 Å². The number of nitrogens with zero attached hydrogens (tertiary/aromatic N) is 2. The van der Waals surface area contributed by atoms with Crippen molar-refractivity contribution < 1.29 is 14.5 Å². The molecule has 0 amide bonds. The predicted octanol–water partition coefficient (Wildman–Crippen LogP) is 3.48. The van der Waals surface area contributed by atoms with E-state index in [2.05, 4.69) is 0 Å². The zero-order valence-electron chi connectivity index (χ0n) is 11.2. The molecule has 2 aromatic carbocycles. The van der Waals surface area contributed by atoms with Gasteiger partial charge >= 0.3 is 5.97 Å². The molecule has 0 aliphatic carbocycles. The first-order valence-corrected chi connectivity index (χ1v) is 6.49. The Morgan fingerprint density at radius 3 is 2.50 bits per heavy atom. The molecule has 110 valence electrons. The average molecular weight is 317 g/mol. The molecule has 0 radical (unpaired) electrons. The molecule has 0 spiro atoms. The molecule has 0 aromatic heterocycles. The topological polar surface area (TPSA) is 93.2 Å². The lowest BCUT2D eigenvalue weighted by Crippen LogP contribution is -2.06. The number of carbonyl (C=O) groups excluding carboxylic acids is 1. The van der Waals surface area contributed by atoms with Crippen LogP contribution in [0.1, 0.15) is 21.5 Å². The van der Waals surface area contributed by atoms with Crippen LogP contribution in [0.2, 0.25) is 5.02 Å². The predicted molar refractivity (Wildman–Crippen MR) is 78.4 cm³/mol. The second-order valence-corrected chi connectivity index (χ2v) is 4.71. The number of ether oxygens (including phenoxy) is 1. The van der Waals surface area contributed by atoms with E-state index in [1.54, 1.807) is 24.3 Å². The van der Waals surface area contributed by atoms with E-state index in [0.717, 1.165) is 6.07 Å². The summed E-state index contributed by atoms with van der Waals surface area (Å²) in [5.41, 5.74) is 1.08. The third kappa shape index (κ3) is 3.59. The lowest BCUT2D eigenvalue weighted by Gasteiger charge is -2.06. The number of nitro benzene ring substituents is 1. The summed E-state index contributed by atoms with van der Waals surface area (Å²) in [6.45, 7) is 0.0118. The number of non-ortho nitro benzene ring substituents is 1. The molecule has 0 aliphatic heterocycles. The Bertz CT molecular complexity index is 766. The Balaban J connectivity index is 2.06. The first-order chi connectivity index (χ1) is 10.5. The van der Waals surface area contributed by atoms with E-state index in [4.69, 9.17) is 21.6 Å². The number of esters is 1. The van der Waals surface area contributed by atoms with Crippen LogP contribution in [0.15, 0.2) is 42.5 Å². The zero-order valence-corrected chi connectivity index (χ0v) is 11.9. The average Bonchev–Trinajstić information content (AvgIpc) is 2.52. The molecule has 2 rings (SSSR count). The number of rotatable bonds is 4. The molecule has 0 fully saturated rings. The fraction of sp³-hybridized carbons (Fsp3) is 0.0667. The summed E-state index contributed by atoms with van der Waals surface area (Å²) in [7, 11) is 0. The van der Waals surface area contributed by atoms with Gasteiger partial charge < -0.3 is 4.74 Å². The molecule has 0 unspecified atom stereocenters. The fourth-order valence-corrected chi connectivity index (χ4v) is 1.94. The van der Waals surface area contributed by atoms with Crippen molar-refractivity contribution in [2.75, 3.05) is 0 Å². The zero-order chi connectivity index (χ0) is 16.1. The normalized spacial score (nSPS) is 9.82. The molecule has 22 heavy (non-hydrogen) atoms. The summed E-state index contributed by atoms with van der Waals surface area (Å²) in [5, 5.41) is 19.3. The molecule has 0 atom stereocenters. The quantitative estimate of drug-likeness (QED) is 0.489.